The number of piperidine rings is 1. The maximum absolute atomic E-state index is 12.9. The lowest BCUT2D eigenvalue weighted by atomic mass is 9.95. The van der Waals surface area contributed by atoms with Crippen LogP contribution in [0.4, 0.5) is 0 Å². The second-order valence-electron chi connectivity index (χ2n) is 8.41. The molecule has 7 heteroatoms. The first-order valence-corrected chi connectivity index (χ1v) is 11.7. The third-order valence-electron chi connectivity index (χ3n) is 6.26. The van der Waals surface area contributed by atoms with Crippen molar-refractivity contribution < 1.29 is 9.32 Å². The summed E-state index contributed by atoms with van der Waals surface area (Å²) >= 11 is 1.65. The minimum absolute atomic E-state index is 0.174. The van der Waals surface area contributed by atoms with Gasteiger partial charge in [0.2, 0.25) is 5.91 Å². The molecule has 1 atom stereocenters. The van der Waals surface area contributed by atoms with E-state index in [0.717, 1.165) is 66.4 Å². The molecular weight excluding hydrogens is 396 g/mol. The van der Waals surface area contributed by atoms with Gasteiger partial charge in [0.15, 0.2) is 5.76 Å². The molecule has 156 valence electrons. The van der Waals surface area contributed by atoms with Gasteiger partial charge >= 0.3 is 0 Å². The molecule has 1 aliphatic heterocycles. The van der Waals surface area contributed by atoms with Crippen LogP contribution in [0.5, 0.6) is 0 Å². The number of hydrogen-bond donors (Lipinski definition) is 0. The average Bonchev–Trinajstić information content (AvgIpc) is 3.55. The van der Waals surface area contributed by atoms with E-state index >= 15 is 0 Å². The van der Waals surface area contributed by atoms with Crippen molar-refractivity contribution in [3.8, 4) is 21.9 Å². The van der Waals surface area contributed by atoms with Crippen molar-refractivity contribution in [2.24, 2.45) is 5.92 Å². The molecule has 2 fully saturated rings. The van der Waals surface area contributed by atoms with E-state index in [2.05, 4.69) is 21.5 Å². The quantitative estimate of drug-likeness (QED) is 0.587. The van der Waals surface area contributed by atoms with Crippen LogP contribution in [0, 0.1) is 12.8 Å². The normalized spacial score (nSPS) is 20.0. The molecule has 1 saturated heterocycles. The molecule has 0 aromatic carbocycles. The Kier molecular flexibility index (Phi) is 5.37. The fraction of sp³-hybridized carbons (Fsp3) is 0.478. The SMILES string of the molecule is Cc1cc(-c2cnc([C@@H]3CCCN(C(=O)C4CCCC4)C3)nc2-c2cccs2)on1. The fourth-order valence-electron chi connectivity index (χ4n) is 4.68. The van der Waals surface area contributed by atoms with Gasteiger partial charge in [-0.25, -0.2) is 9.97 Å². The Morgan fingerprint density at radius 3 is 2.83 bits per heavy atom. The third-order valence-corrected chi connectivity index (χ3v) is 7.13. The van der Waals surface area contributed by atoms with Gasteiger partial charge in [-0.1, -0.05) is 24.1 Å². The number of thiophene rings is 1. The summed E-state index contributed by atoms with van der Waals surface area (Å²) in [4.78, 5) is 25.8. The van der Waals surface area contributed by atoms with E-state index in [0.29, 0.717) is 11.7 Å². The van der Waals surface area contributed by atoms with Gasteiger partial charge in [0.05, 0.1) is 21.8 Å². The number of amides is 1. The van der Waals surface area contributed by atoms with E-state index in [1.54, 1.807) is 11.3 Å². The third kappa shape index (κ3) is 3.78. The van der Waals surface area contributed by atoms with E-state index in [1.807, 2.05) is 25.3 Å². The largest absolute Gasteiger partial charge is 0.356 e. The highest BCUT2D eigenvalue weighted by Gasteiger charge is 2.32. The molecule has 2 aliphatic rings. The molecule has 0 bridgehead atoms. The molecule has 0 unspecified atom stereocenters. The van der Waals surface area contributed by atoms with E-state index in [4.69, 9.17) is 14.5 Å². The summed E-state index contributed by atoms with van der Waals surface area (Å²) in [6.07, 6.45) is 8.33. The monoisotopic (exact) mass is 422 g/mol. The molecule has 1 amide bonds. The summed E-state index contributed by atoms with van der Waals surface area (Å²) < 4.78 is 5.50. The number of carbonyl (C=O) groups excluding carboxylic acids is 1. The van der Waals surface area contributed by atoms with Crippen LogP contribution in [0.25, 0.3) is 21.9 Å². The predicted octanol–water partition coefficient (Wildman–Crippen LogP) is 5.06. The average molecular weight is 423 g/mol. The first-order chi connectivity index (χ1) is 14.7. The number of rotatable bonds is 4. The predicted molar refractivity (Wildman–Crippen MR) is 116 cm³/mol. The van der Waals surface area contributed by atoms with Gasteiger partial charge in [-0.3, -0.25) is 4.79 Å². The van der Waals surface area contributed by atoms with Crippen LogP contribution in [0.3, 0.4) is 0 Å². The van der Waals surface area contributed by atoms with Crippen LogP contribution in [0.15, 0.2) is 34.3 Å². The van der Waals surface area contributed by atoms with Gasteiger partial charge in [0.25, 0.3) is 0 Å². The van der Waals surface area contributed by atoms with E-state index in [-0.39, 0.29) is 11.8 Å². The van der Waals surface area contributed by atoms with Crippen LogP contribution in [-0.2, 0) is 4.79 Å². The zero-order valence-electron chi connectivity index (χ0n) is 17.2. The lowest BCUT2D eigenvalue weighted by Gasteiger charge is -2.33. The highest BCUT2D eigenvalue weighted by atomic mass is 32.1. The molecular formula is C23H26N4O2S. The molecule has 0 radical (unpaired) electrons. The molecule has 0 N–H and O–H groups in total. The van der Waals surface area contributed by atoms with Gasteiger partial charge < -0.3 is 9.42 Å². The van der Waals surface area contributed by atoms with E-state index in [1.165, 1.54) is 12.8 Å². The molecule has 5 rings (SSSR count). The highest BCUT2D eigenvalue weighted by Crippen LogP contribution is 2.36. The first-order valence-electron chi connectivity index (χ1n) is 10.8. The second-order valence-corrected chi connectivity index (χ2v) is 9.35. The molecule has 1 aliphatic carbocycles. The Labute approximate surface area is 180 Å². The topological polar surface area (TPSA) is 72.1 Å². The van der Waals surface area contributed by atoms with Gasteiger partial charge in [-0.15, -0.1) is 11.3 Å². The smallest absolute Gasteiger partial charge is 0.225 e. The Morgan fingerprint density at radius 1 is 1.23 bits per heavy atom. The molecule has 6 nitrogen and oxygen atoms in total. The lowest BCUT2D eigenvalue weighted by Crippen LogP contribution is -2.42. The van der Waals surface area contributed by atoms with Crippen LogP contribution in [0.2, 0.25) is 0 Å². The van der Waals surface area contributed by atoms with Gasteiger partial charge in [0, 0.05) is 37.2 Å². The van der Waals surface area contributed by atoms with Crippen molar-refractivity contribution >= 4 is 17.2 Å². The summed E-state index contributed by atoms with van der Waals surface area (Å²) in [5.74, 6) is 2.24. The van der Waals surface area contributed by atoms with Crippen molar-refractivity contribution in [1.82, 2.24) is 20.0 Å². The summed E-state index contributed by atoms with van der Waals surface area (Å²) in [5, 5.41) is 6.07. The van der Waals surface area contributed by atoms with E-state index in [9.17, 15) is 4.79 Å². The summed E-state index contributed by atoms with van der Waals surface area (Å²) in [6.45, 7) is 3.49. The minimum atomic E-state index is 0.174. The maximum atomic E-state index is 12.9. The fourth-order valence-corrected chi connectivity index (χ4v) is 5.41. The standard InChI is InChI=1S/C23H26N4O2S/c1-15-12-19(29-26-15)18-13-24-22(25-21(18)20-9-5-11-30-20)17-8-4-10-27(14-17)23(28)16-6-2-3-7-16/h5,9,11-13,16-17H,2-4,6-8,10,14H2,1H3/t17-/m1/s1. The van der Waals surface area contributed by atoms with Crippen LogP contribution >= 0.6 is 11.3 Å². The Morgan fingerprint density at radius 2 is 2.10 bits per heavy atom. The van der Waals surface area contributed by atoms with Crippen LogP contribution in [0.1, 0.15) is 56.0 Å². The summed E-state index contributed by atoms with van der Waals surface area (Å²) in [7, 11) is 0. The number of likely N-dealkylation sites (tertiary alicyclic amines) is 1. The molecule has 30 heavy (non-hydrogen) atoms. The van der Waals surface area contributed by atoms with Gasteiger partial charge in [-0.05, 0) is 44.1 Å². The minimum Gasteiger partial charge on any atom is -0.356 e. The van der Waals surface area contributed by atoms with Crippen LogP contribution < -0.4 is 0 Å². The number of aromatic nitrogens is 3. The highest BCUT2D eigenvalue weighted by molar-refractivity contribution is 7.13. The summed E-state index contributed by atoms with van der Waals surface area (Å²) in [5.41, 5.74) is 2.57. The van der Waals surface area contributed by atoms with Crippen molar-refractivity contribution in [3.63, 3.8) is 0 Å². The number of carbonyl (C=O) groups is 1. The molecule has 4 heterocycles. The Hall–Kier alpha value is -2.54. The molecule has 3 aromatic rings. The van der Waals surface area contributed by atoms with Crippen LogP contribution in [-0.4, -0.2) is 39.0 Å². The zero-order valence-corrected chi connectivity index (χ0v) is 18.0. The molecule has 3 aromatic heterocycles. The van der Waals surface area contributed by atoms with Crippen molar-refractivity contribution in [3.05, 3.63) is 41.3 Å². The lowest BCUT2D eigenvalue weighted by molar-refractivity contribution is -0.136. The Bertz CT molecular complexity index is 1020. The molecule has 1 saturated carbocycles. The first kappa shape index (κ1) is 19.4. The maximum Gasteiger partial charge on any atom is 0.225 e. The number of nitrogens with zero attached hydrogens (tertiary/aromatic N) is 4. The zero-order chi connectivity index (χ0) is 20.5. The molecule has 0 spiro atoms. The van der Waals surface area contributed by atoms with Crippen molar-refractivity contribution in [2.75, 3.05) is 13.1 Å². The Balaban J connectivity index is 1.44. The second kappa shape index (κ2) is 8.30. The number of hydrogen-bond acceptors (Lipinski definition) is 6. The van der Waals surface area contributed by atoms with Crippen molar-refractivity contribution in [2.45, 2.75) is 51.4 Å². The van der Waals surface area contributed by atoms with Gasteiger partial charge in [0.1, 0.15) is 5.82 Å². The van der Waals surface area contributed by atoms with E-state index < -0.39 is 0 Å². The number of aryl methyl sites for hydroxylation is 1. The van der Waals surface area contributed by atoms with Gasteiger partial charge in [-0.2, -0.15) is 0 Å². The summed E-state index contributed by atoms with van der Waals surface area (Å²) in [6, 6.07) is 6.01. The van der Waals surface area contributed by atoms with Crippen molar-refractivity contribution in [1.29, 1.82) is 0 Å².